The standard InChI is InChI=1S/C13H15N3O5/c1-13(2,3)10(11(17)18)15-7-5-4-6-8(16(20)21)9(7)14-12(15)19/h4-6,10H,1-3H3,(H,14,19)(H,17,18). The number of aromatic nitrogens is 2. The van der Waals surface area contributed by atoms with E-state index in [2.05, 4.69) is 4.98 Å². The van der Waals surface area contributed by atoms with Crippen molar-refractivity contribution >= 4 is 22.7 Å². The van der Waals surface area contributed by atoms with Crippen LogP contribution in [0.1, 0.15) is 26.8 Å². The van der Waals surface area contributed by atoms with Gasteiger partial charge in [0.15, 0.2) is 0 Å². The van der Waals surface area contributed by atoms with Crippen molar-refractivity contribution in [3.8, 4) is 0 Å². The average molecular weight is 293 g/mol. The van der Waals surface area contributed by atoms with Gasteiger partial charge in [-0.05, 0) is 11.5 Å². The van der Waals surface area contributed by atoms with E-state index in [0.717, 1.165) is 4.57 Å². The summed E-state index contributed by atoms with van der Waals surface area (Å²) >= 11 is 0. The highest BCUT2D eigenvalue weighted by atomic mass is 16.6. The SMILES string of the molecule is CC(C)(C)C(C(=O)O)n1c(=O)[nH]c2c([N+](=O)[O-])cccc21. The van der Waals surface area contributed by atoms with Gasteiger partial charge in [0, 0.05) is 6.07 Å². The predicted octanol–water partition coefficient (Wildman–Crippen LogP) is 1.91. The number of hydrogen-bond acceptors (Lipinski definition) is 4. The Morgan fingerprint density at radius 1 is 1.43 bits per heavy atom. The van der Waals surface area contributed by atoms with Crippen LogP contribution < -0.4 is 5.69 Å². The van der Waals surface area contributed by atoms with E-state index in [0.29, 0.717) is 0 Å². The number of hydrogen-bond donors (Lipinski definition) is 2. The number of nitrogens with one attached hydrogen (secondary N) is 1. The minimum absolute atomic E-state index is 0.0306. The maximum Gasteiger partial charge on any atom is 0.327 e. The van der Waals surface area contributed by atoms with E-state index in [-0.39, 0.29) is 16.7 Å². The van der Waals surface area contributed by atoms with Gasteiger partial charge < -0.3 is 5.11 Å². The zero-order valence-corrected chi connectivity index (χ0v) is 11.8. The third-order valence-electron chi connectivity index (χ3n) is 3.24. The molecule has 0 aliphatic rings. The van der Waals surface area contributed by atoms with Crippen LogP contribution in [-0.2, 0) is 4.79 Å². The Morgan fingerprint density at radius 3 is 2.52 bits per heavy atom. The quantitative estimate of drug-likeness (QED) is 0.662. The normalized spacial score (nSPS) is 13.3. The minimum Gasteiger partial charge on any atom is -0.480 e. The third kappa shape index (κ3) is 2.39. The highest BCUT2D eigenvalue weighted by Gasteiger charge is 2.36. The second kappa shape index (κ2) is 4.72. The predicted molar refractivity (Wildman–Crippen MR) is 75.3 cm³/mol. The van der Waals surface area contributed by atoms with E-state index >= 15 is 0 Å². The molecule has 112 valence electrons. The van der Waals surface area contributed by atoms with Crippen LogP contribution in [0.25, 0.3) is 11.0 Å². The van der Waals surface area contributed by atoms with E-state index in [9.17, 15) is 24.8 Å². The summed E-state index contributed by atoms with van der Waals surface area (Å²) in [7, 11) is 0. The molecule has 0 bridgehead atoms. The van der Waals surface area contributed by atoms with Crippen LogP contribution in [0.2, 0.25) is 0 Å². The van der Waals surface area contributed by atoms with E-state index in [1.807, 2.05) is 0 Å². The summed E-state index contributed by atoms with van der Waals surface area (Å²) in [5.41, 5.74) is -1.45. The second-order valence-corrected chi connectivity index (χ2v) is 5.84. The molecule has 1 heterocycles. The number of nitro benzene ring substituents is 1. The van der Waals surface area contributed by atoms with Crippen molar-refractivity contribution in [3.05, 3.63) is 38.8 Å². The molecular weight excluding hydrogens is 278 g/mol. The summed E-state index contributed by atoms with van der Waals surface area (Å²) < 4.78 is 1.06. The second-order valence-electron chi connectivity index (χ2n) is 5.84. The van der Waals surface area contributed by atoms with Crippen LogP contribution in [0.3, 0.4) is 0 Å². The van der Waals surface area contributed by atoms with E-state index in [1.165, 1.54) is 18.2 Å². The molecule has 0 spiro atoms. The van der Waals surface area contributed by atoms with Crippen molar-refractivity contribution in [1.82, 2.24) is 9.55 Å². The molecule has 2 aromatic rings. The molecule has 1 aromatic heterocycles. The number of H-pyrrole nitrogens is 1. The number of carboxylic acids is 1. The van der Waals surface area contributed by atoms with Crippen molar-refractivity contribution in [1.29, 1.82) is 0 Å². The number of carbonyl (C=O) groups is 1. The molecule has 21 heavy (non-hydrogen) atoms. The summed E-state index contributed by atoms with van der Waals surface area (Å²) in [6.07, 6.45) is 0. The molecule has 0 saturated heterocycles. The third-order valence-corrected chi connectivity index (χ3v) is 3.24. The Labute approximate surface area is 119 Å². The highest BCUT2D eigenvalue weighted by Crippen LogP contribution is 2.33. The number of rotatable bonds is 3. The molecule has 0 aliphatic heterocycles. The van der Waals surface area contributed by atoms with Crippen molar-refractivity contribution in [2.24, 2.45) is 5.41 Å². The number of benzene rings is 1. The van der Waals surface area contributed by atoms with Crippen LogP contribution in [0.15, 0.2) is 23.0 Å². The molecule has 1 unspecified atom stereocenters. The number of fused-ring (bicyclic) bond motifs is 1. The zero-order valence-electron chi connectivity index (χ0n) is 11.8. The number of para-hydroxylation sites is 1. The summed E-state index contributed by atoms with van der Waals surface area (Å²) in [5.74, 6) is -1.17. The molecular formula is C13H15N3O5. The first-order chi connectivity index (χ1) is 9.64. The van der Waals surface area contributed by atoms with Gasteiger partial charge in [-0.3, -0.25) is 19.7 Å². The largest absolute Gasteiger partial charge is 0.480 e. The highest BCUT2D eigenvalue weighted by molar-refractivity contribution is 5.86. The molecule has 2 rings (SSSR count). The number of imidazole rings is 1. The zero-order chi connectivity index (χ0) is 15.9. The Balaban J connectivity index is 2.85. The van der Waals surface area contributed by atoms with Gasteiger partial charge in [0.25, 0.3) is 5.69 Å². The van der Waals surface area contributed by atoms with Crippen LogP contribution in [0.4, 0.5) is 5.69 Å². The Hall–Kier alpha value is -2.64. The summed E-state index contributed by atoms with van der Waals surface area (Å²) in [5, 5.41) is 20.4. The number of nitrogens with zero attached hydrogens (tertiary/aromatic N) is 2. The van der Waals surface area contributed by atoms with E-state index in [4.69, 9.17) is 0 Å². The first-order valence-electron chi connectivity index (χ1n) is 6.25. The fourth-order valence-corrected chi connectivity index (χ4v) is 2.41. The number of nitro groups is 1. The van der Waals surface area contributed by atoms with Gasteiger partial charge >= 0.3 is 11.7 Å². The van der Waals surface area contributed by atoms with E-state index < -0.39 is 28.0 Å². The summed E-state index contributed by atoms with van der Waals surface area (Å²) in [6, 6.07) is 3.03. The molecule has 0 radical (unpaired) electrons. The molecule has 8 nitrogen and oxygen atoms in total. The van der Waals surface area contributed by atoms with Crippen LogP contribution >= 0.6 is 0 Å². The average Bonchev–Trinajstić information content (AvgIpc) is 2.64. The molecule has 0 aliphatic carbocycles. The molecule has 0 amide bonds. The first kappa shape index (κ1) is 14.8. The first-order valence-corrected chi connectivity index (χ1v) is 6.25. The van der Waals surface area contributed by atoms with Gasteiger partial charge in [-0.15, -0.1) is 0 Å². The lowest BCUT2D eigenvalue weighted by Gasteiger charge is -2.27. The number of carboxylic acid groups (broad SMARTS) is 1. The minimum atomic E-state index is -1.17. The van der Waals surface area contributed by atoms with Gasteiger partial charge in [-0.1, -0.05) is 26.8 Å². The number of non-ortho nitro benzene ring substituents is 1. The lowest BCUT2D eigenvalue weighted by atomic mass is 9.86. The fourth-order valence-electron chi connectivity index (χ4n) is 2.41. The summed E-state index contributed by atoms with van der Waals surface area (Å²) in [6.45, 7) is 5.07. The molecule has 8 heteroatoms. The molecule has 2 N–H and O–H groups in total. The topological polar surface area (TPSA) is 118 Å². The smallest absolute Gasteiger partial charge is 0.327 e. The summed E-state index contributed by atoms with van der Waals surface area (Å²) in [4.78, 5) is 36.4. The Kier molecular flexibility index (Phi) is 3.32. The van der Waals surface area contributed by atoms with Gasteiger partial charge in [-0.25, -0.2) is 9.59 Å². The van der Waals surface area contributed by atoms with Crippen molar-refractivity contribution in [2.75, 3.05) is 0 Å². The fraction of sp³-hybridized carbons (Fsp3) is 0.385. The molecule has 1 aromatic carbocycles. The molecule has 1 atom stereocenters. The molecule has 0 fully saturated rings. The van der Waals surface area contributed by atoms with Crippen molar-refractivity contribution < 1.29 is 14.8 Å². The number of aromatic amines is 1. The van der Waals surface area contributed by atoms with Crippen LogP contribution in [-0.4, -0.2) is 25.6 Å². The lowest BCUT2D eigenvalue weighted by Crippen LogP contribution is -2.36. The maximum absolute atomic E-state index is 12.1. The van der Waals surface area contributed by atoms with Crippen molar-refractivity contribution in [2.45, 2.75) is 26.8 Å². The lowest BCUT2D eigenvalue weighted by molar-refractivity contribution is -0.383. The van der Waals surface area contributed by atoms with Gasteiger partial charge in [0.05, 0.1) is 10.4 Å². The number of aliphatic carboxylic acids is 1. The molecule has 0 saturated carbocycles. The van der Waals surface area contributed by atoms with E-state index in [1.54, 1.807) is 20.8 Å². The van der Waals surface area contributed by atoms with Gasteiger partial charge in [0.2, 0.25) is 0 Å². The Bertz CT molecular complexity index is 781. The van der Waals surface area contributed by atoms with Crippen LogP contribution in [0.5, 0.6) is 0 Å². The van der Waals surface area contributed by atoms with Crippen LogP contribution in [0, 0.1) is 15.5 Å². The van der Waals surface area contributed by atoms with Gasteiger partial charge in [0.1, 0.15) is 11.6 Å². The monoisotopic (exact) mass is 293 g/mol. The van der Waals surface area contributed by atoms with Crippen molar-refractivity contribution in [3.63, 3.8) is 0 Å². The Morgan fingerprint density at radius 2 is 2.05 bits per heavy atom. The maximum atomic E-state index is 12.1. The van der Waals surface area contributed by atoms with Gasteiger partial charge in [-0.2, -0.15) is 0 Å².